The molecular weight excluding hydrogens is 645 g/mol. The van der Waals surface area contributed by atoms with Gasteiger partial charge in [-0.15, -0.1) is 0 Å². The van der Waals surface area contributed by atoms with Gasteiger partial charge in [0.05, 0.1) is 6.61 Å². The van der Waals surface area contributed by atoms with Gasteiger partial charge < -0.3 is 14.2 Å². The Balaban J connectivity index is 4.23. The average molecular weight is 731 g/mol. The number of carbonyl (C=O) groups is 2. The Morgan fingerprint density at radius 3 is 1.38 bits per heavy atom. The Morgan fingerprint density at radius 1 is 0.442 bits per heavy atom. The van der Waals surface area contributed by atoms with Crippen molar-refractivity contribution in [1.82, 2.24) is 0 Å². The van der Waals surface area contributed by atoms with E-state index < -0.39 is 6.10 Å². The summed E-state index contributed by atoms with van der Waals surface area (Å²) in [5.74, 6) is -0.425. The summed E-state index contributed by atoms with van der Waals surface area (Å²) in [5, 5.41) is 0. The number of hydrogen-bond donors (Lipinski definition) is 0. The van der Waals surface area contributed by atoms with Crippen LogP contribution in [0.2, 0.25) is 0 Å². The Kier molecular flexibility index (Phi) is 42.0. The molecule has 0 heterocycles. The Bertz CT molecular complexity index is 832. The first-order valence-electron chi connectivity index (χ1n) is 22.5. The third kappa shape index (κ3) is 40.9. The summed E-state index contributed by atoms with van der Waals surface area (Å²) < 4.78 is 17.3. The van der Waals surface area contributed by atoms with E-state index in [4.69, 9.17) is 14.2 Å². The topological polar surface area (TPSA) is 61.8 Å². The van der Waals surface area contributed by atoms with Gasteiger partial charge in [0.15, 0.2) is 6.10 Å². The van der Waals surface area contributed by atoms with Crippen LogP contribution in [0.25, 0.3) is 0 Å². The van der Waals surface area contributed by atoms with E-state index in [-0.39, 0.29) is 25.2 Å². The monoisotopic (exact) mass is 731 g/mol. The van der Waals surface area contributed by atoms with Crippen LogP contribution in [0.3, 0.4) is 0 Å². The predicted molar refractivity (Wildman–Crippen MR) is 224 cm³/mol. The van der Waals surface area contributed by atoms with Crippen molar-refractivity contribution in [3.8, 4) is 0 Å². The number of rotatable bonds is 41. The lowest BCUT2D eigenvalue weighted by Crippen LogP contribution is -2.30. The molecule has 0 spiro atoms. The normalized spacial score (nSPS) is 12.4. The van der Waals surface area contributed by atoms with Gasteiger partial charge in [0.1, 0.15) is 6.61 Å². The first-order chi connectivity index (χ1) is 25.6. The van der Waals surface area contributed by atoms with E-state index in [0.717, 1.165) is 64.2 Å². The number of unbranched alkanes of at least 4 members (excludes halogenated alkanes) is 24. The molecule has 0 N–H and O–H groups in total. The quantitative estimate of drug-likeness (QED) is 0.0356. The second-order valence-electron chi connectivity index (χ2n) is 14.9. The summed E-state index contributed by atoms with van der Waals surface area (Å²) in [6.45, 7) is 7.69. The third-order valence-electron chi connectivity index (χ3n) is 9.69. The molecule has 5 nitrogen and oxygen atoms in total. The molecular formula is C47H86O5. The van der Waals surface area contributed by atoms with E-state index in [2.05, 4.69) is 57.2 Å². The van der Waals surface area contributed by atoms with Crippen molar-refractivity contribution in [2.24, 2.45) is 0 Å². The number of ether oxygens (including phenoxy) is 3. The molecule has 0 rings (SSSR count). The Labute approximate surface area is 323 Å². The summed E-state index contributed by atoms with van der Waals surface area (Å²) in [4.78, 5) is 25.1. The zero-order valence-electron chi connectivity index (χ0n) is 34.8. The molecule has 0 radical (unpaired) electrons. The van der Waals surface area contributed by atoms with Crippen molar-refractivity contribution in [3.63, 3.8) is 0 Å². The average Bonchev–Trinajstić information content (AvgIpc) is 3.14. The molecule has 0 saturated carbocycles. The first-order valence-corrected chi connectivity index (χ1v) is 22.5. The third-order valence-corrected chi connectivity index (χ3v) is 9.69. The van der Waals surface area contributed by atoms with Crippen LogP contribution in [-0.2, 0) is 23.8 Å². The molecule has 0 fully saturated rings. The van der Waals surface area contributed by atoms with Gasteiger partial charge in [-0.25, -0.2) is 0 Å². The SMILES string of the molecule is CC/C=C\C/C=C\C/C=C\CCCCCC(=O)OCC(COCCCCCCCCCCCCCCCC)OC(=O)CCCCCCCCCCC. The van der Waals surface area contributed by atoms with Crippen LogP contribution in [0.1, 0.15) is 226 Å². The number of hydrogen-bond acceptors (Lipinski definition) is 5. The van der Waals surface area contributed by atoms with E-state index in [1.165, 1.54) is 128 Å². The first kappa shape index (κ1) is 50.1. The zero-order chi connectivity index (χ0) is 37.8. The van der Waals surface area contributed by atoms with Crippen molar-refractivity contribution in [3.05, 3.63) is 36.5 Å². The van der Waals surface area contributed by atoms with E-state index in [1.807, 2.05) is 0 Å². The largest absolute Gasteiger partial charge is 0.462 e. The molecule has 0 aliphatic heterocycles. The maximum Gasteiger partial charge on any atom is 0.306 e. The van der Waals surface area contributed by atoms with Gasteiger partial charge in [-0.05, 0) is 51.4 Å². The second-order valence-corrected chi connectivity index (χ2v) is 14.9. The molecule has 0 bridgehead atoms. The van der Waals surface area contributed by atoms with Crippen LogP contribution >= 0.6 is 0 Å². The van der Waals surface area contributed by atoms with Gasteiger partial charge in [0.2, 0.25) is 0 Å². The van der Waals surface area contributed by atoms with E-state index >= 15 is 0 Å². The van der Waals surface area contributed by atoms with Crippen LogP contribution in [0.4, 0.5) is 0 Å². The molecule has 0 aromatic rings. The van der Waals surface area contributed by atoms with Crippen LogP contribution in [0.5, 0.6) is 0 Å². The van der Waals surface area contributed by atoms with Gasteiger partial charge >= 0.3 is 11.9 Å². The summed E-state index contributed by atoms with van der Waals surface area (Å²) in [6.07, 6.45) is 50.0. The molecule has 0 aliphatic carbocycles. The Morgan fingerprint density at radius 2 is 0.865 bits per heavy atom. The van der Waals surface area contributed by atoms with Crippen molar-refractivity contribution in [2.75, 3.05) is 19.8 Å². The fraction of sp³-hybridized carbons (Fsp3) is 0.830. The molecule has 1 unspecified atom stereocenters. The fourth-order valence-corrected chi connectivity index (χ4v) is 6.35. The van der Waals surface area contributed by atoms with Crippen LogP contribution < -0.4 is 0 Å². The lowest BCUT2D eigenvalue weighted by Gasteiger charge is -2.18. The lowest BCUT2D eigenvalue weighted by molar-refractivity contribution is -0.163. The molecule has 52 heavy (non-hydrogen) atoms. The minimum atomic E-state index is -0.538. The fourth-order valence-electron chi connectivity index (χ4n) is 6.35. The molecule has 0 saturated heterocycles. The maximum atomic E-state index is 12.7. The highest BCUT2D eigenvalue weighted by atomic mass is 16.6. The summed E-state index contributed by atoms with van der Waals surface area (Å²) >= 11 is 0. The molecule has 0 aromatic heterocycles. The van der Waals surface area contributed by atoms with Crippen molar-refractivity contribution in [1.29, 1.82) is 0 Å². The number of allylic oxidation sites excluding steroid dienone is 6. The summed E-state index contributed by atoms with van der Waals surface area (Å²) in [5.41, 5.74) is 0. The Hall–Kier alpha value is -1.88. The maximum absolute atomic E-state index is 12.7. The van der Waals surface area contributed by atoms with Gasteiger partial charge in [-0.1, -0.05) is 198 Å². The molecule has 1 atom stereocenters. The van der Waals surface area contributed by atoms with E-state index in [9.17, 15) is 9.59 Å². The highest BCUT2D eigenvalue weighted by Gasteiger charge is 2.17. The van der Waals surface area contributed by atoms with Gasteiger partial charge in [0.25, 0.3) is 0 Å². The summed E-state index contributed by atoms with van der Waals surface area (Å²) in [6, 6.07) is 0. The van der Waals surface area contributed by atoms with E-state index in [0.29, 0.717) is 19.4 Å². The number of carbonyl (C=O) groups excluding carboxylic acids is 2. The molecule has 5 heteroatoms. The molecule has 0 amide bonds. The van der Waals surface area contributed by atoms with Gasteiger partial charge in [-0.3, -0.25) is 9.59 Å². The molecule has 304 valence electrons. The molecule has 0 aliphatic rings. The van der Waals surface area contributed by atoms with Crippen LogP contribution in [-0.4, -0.2) is 37.9 Å². The lowest BCUT2D eigenvalue weighted by atomic mass is 10.0. The minimum absolute atomic E-state index is 0.0750. The highest BCUT2D eigenvalue weighted by Crippen LogP contribution is 2.14. The van der Waals surface area contributed by atoms with Gasteiger partial charge in [-0.2, -0.15) is 0 Å². The summed E-state index contributed by atoms with van der Waals surface area (Å²) in [7, 11) is 0. The second kappa shape index (κ2) is 43.5. The molecule has 0 aromatic carbocycles. The number of esters is 2. The van der Waals surface area contributed by atoms with Crippen molar-refractivity contribution in [2.45, 2.75) is 232 Å². The predicted octanol–water partition coefficient (Wildman–Crippen LogP) is 14.7. The minimum Gasteiger partial charge on any atom is -0.462 e. The van der Waals surface area contributed by atoms with E-state index in [1.54, 1.807) is 0 Å². The highest BCUT2D eigenvalue weighted by molar-refractivity contribution is 5.70. The zero-order valence-corrected chi connectivity index (χ0v) is 34.8. The van der Waals surface area contributed by atoms with Gasteiger partial charge in [0, 0.05) is 19.4 Å². The smallest absolute Gasteiger partial charge is 0.306 e. The van der Waals surface area contributed by atoms with Crippen LogP contribution in [0, 0.1) is 0 Å². The van der Waals surface area contributed by atoms with Crippen molar-refractivity contribution < 1.29 is 23.8 Å². The van der Waals surface area contributed by atoms with Crippen LogP contribution in [0.15, 0.2) is 36.5 Å². The standard InChI is InChI=1S/C47H86O5/c1-4-7-10-13-16-19-21-23-25-27-30-33-36-39-42-50-43-45(52-47(49)41-38-35-32-28-18-15-12-9-6-3)44-51-46(48)40-37-34-31-29-26-24-22-20-17-14-11-8-5-2/h8,11,17,20,24,26,45H,4-7,9-10,12-16,18-19,21-23,25,27-44H2,1-3H3/b11-8-,20-17-,26-24-. The van der Waals surface area contributed by atoms with Crippen molar-refractivity contribution >= 4 is 11.9 Å².